The smallest absolute Gasteiger partial charge is 0.214 e. The van der Waals surface area contributed by atoms with E-state index in [4.69, 9.17) is 0 Å². The van der Waals surface area contributed by atoms with Gasteiger partial charge in [0.25, 0.3) is 0 Å². The van der Waals surface area contributed by atoms with Crippen LogP contribution in [0.25, 0.3) is 5.65 Å². The Labute approximate surface area is 99.2 Å². The second-order valence-corrected chi connectivity index (χ2v) is 4.85. The van der Waals surface area contributed by atoms with Gasteiger partial charge in [0.15, 0.2) is 0 Å². The molecular weight excluding hydrogens is 238 g/mol. The number of fused-ring (bicyclic) bond motifs is 1. The molecule has 3 heterocycles. The first-order chi connectivity index (χ1) is 8.33. The van der Waals surface area contributed by atoms with Crippen LogP contribution in [0.3, 0.4) is 0 Å². The summed E-state index contributed by atoms with van der Waals surface area (Å²) in [5.74, 6) is 0.330. The summed E-state index contributed by atoms with van der Waals surface area (Å²) in [6.45, 7) is 0. The van der Waals surface area contributed by atoms with Crippen molar-refractivity contribution in [2.75, 3.05) is 0 Å². The summed E-state index contributed by atoms with van der Waals surface area (Å²) < 4.78 is 13.8. The maximum absolute atomic E-state index is 11.9. The minimum absolute atomic E-state index is 0.330. The lowest BCUT2D eigenvalue weighted by atomic mass is 10.5. The molecule has 3 aromatic rings. The van der Waals surface area contributed by atoms with Gasteiger partial charge in [0.1, 0.15) is 12.0 Å². The minimum atomic E-state index is -1.23. The fraction of sp³-hybridized carbons (Fsp3) is 0.100. The molecule has 0 radical (unpaired) electrons. The maximum atomic E-state index is 11.9. The van der Waals surface area contributed by atoms with E-state index in [0.29, 0.717) is 10.9 Å². The van der Waals surface area contributed by atoms with Crippen LogP contribution in [0.4, 0.5) is 0 Å². The van der Waals surface area contributed by atoms with Crippen LogP contribution < -0.4 is 0 Å². The highest BCUT2D eigenvalue weighted by Gasteiger charge is 2.10. The van der Waals surface area contributed by atoms with Gasteiger partial charge in [0.05, 0.1) is 22.2 Å². The monoisotopic (exact) mass is 247 g/mol. The van der Waals surface area contributed by atoms with Gasteiger partial charge in [-0.25, -0.2) is 9.97 Å². The number of nitrogens with zero attached hydrogens (tertiary/aromatic N) is 4. The molecule has 0 aromatic carbocycles. The summed E-state index contributed by atoms with van der Waals surface area (Å²) in [5, 5.41) is 6.64. The summed E-state index contributed by atoms with van der Waals surface area (Å²) in [6.07, 6.45) is 5.11. The first-order valence-corrected chi connectivity index (χ1v) is 6.31. The Hall–Kier alpha value is -2.02. The number of hydrogen-bond donors (Lipinski definition) is 1. The minimum Gasteiger partial charge on any atom is -0.307 e. The third kappa shape index (κ3) is 1.96. The van der Waals surface area contributed by atoms with Crippen LogP contribution in [0.15, 0.2) is 42.1 Å². The average Bonchev–Trinajstić information content (AvgIpc) is 2.97. The Morgan fingerprint density at radius 1 is 1.41 bits per heavy atom. The molecule has 0 saturated heterocycles. The van der Waals surface area contributed by atoms with Gasteiger partial charge in [0.2, 0.25) is 5.16 Å². The first-order valence-electron chi connectivity index (χ1n) is 4.99. The molecule has 0 fully saturated rings. The molecule has 0 spiro atoms. The van der Waals surface area contributed by atoms with Crippen LogP contribution >= 0.6 is 0 Å². The van der Waals surface area contributed by atoms with Crippen molar-refractivity contribution in [3.63, 3.8) is 0 Å². The van der Waals surface area contributed by atoms with E-state index in [0.717, 1.165) is 11.3 Å². The van der Waals surface area contributed by atoms with Gasteiger partial charge in [-0.05, 0) is 12.1 Å². The molecule has 3 aromatic heterocycles. The molecule has 0 bridgehead atoms. The topological polar surface area (TPSA) is 75.9 Å². The van der Waals surface area contributed by atoms with E-state index in [1.54, 1.807) is 0 Å². The molecule has 0 amide bonds. The van der Waals surface area contributed by atoms with Crippen molar-refractivity contribution in [2.24, 2.45) is 0 Å². The van der Waals surface area contributed by atoms with Crippen molar-refractivity contribution in [1.29, 1.82) is 0 Å². The van der Waals surface area contributed by atoms with Crippen LogP contribution in [-0.2, 0) is 16.6 Å². The molecule has 7 heteroatoms. The van der Waals surface area contributed by atoms with E-state index in [1.807, 2.05) is 35.0 Å². The molecule has 86 valence electrons. The lowest BCUT2D eigenvalue weighted by Crippen LogP contribution is -1.98. The van der Waals surface area contributed by atoms with Crippen molar-refractivity contribution in [3.8, 4) is 0 Å². The summed E-state index contributed by atoms with van der Waals surface area (Å²) in [6, 6.07) is 5.74. The Morgan fingerprint density at radius 2 is 2.35 bits per heavy atom. The van der Waals surface area contributed by atoms with Crippen LogP contribution in [0.1, 0.15) is 5.69 Å². The van der Waals surface area contributed by atoms with Crippen molar-refractivity contribution in [1.82, 2.24) is 24.6 Å². The molecule has 1 unspecified atom stereocenters. The Kier molecular flexibility index (Phi) is 2.45. The average molecular weight is 247 g/mol. The van der Waals surface area contributed by atoms with Crippen molar-refractivity contribution in [3.05, 3.63) is 42.6 Å². The summed E-state index contributed by atoms with van der Waals surface area (Å²) in [5.41, 5.74) is 1.61. The molecule has 0 saturated carbocycles. The zero-order valence-corrected chi connectivity index (χ0v) is 9.59. The molecule has 1 N–H and O–H groups in total. The van der Waals surface area contributed by atoms with Gasteiger partial charge in [-0.15, -0.1) is 0 Å². The van der Waals surface area contributed by atoms with Crippen molar-refractivity contribution >= 4 is 16.4 Å². The number of pyridine rings is 1. The lowest BCUT2D eigenvalue weighted by molar-refractivity contribution is 0.675. The quantitative estimate of drug-likeness (QED) is 0.741. The molecule has 0 aliphatic carbocycles. The third-order valence-electron chi connectivity index (χ3n) is 2.30. The largest absolute Gasteiger partial charge is 0.307 e. The van der Waals surface area contributed by atoms with E-state index in [-0.39, 0.29) is 0 Å². The van der Waals surface area contributed by atoms with E-state index in [9.17, 15) is 4.21 Å². The third-order valence-corrected chi connectivity index (χ3v) is 3.49. The Morgan fingerprint density at radius 3 is 3.12 bits per heavy atom. The van der Waals surface area contributed by atoms with Crippen LogP contribution in [0, 0.1) is 0 Å². The van der Waals surface area contributed by atoms with Crippen LogP contribution in [0.2, 0.25) is 0 Å². The van der Waals surface area contributed by atoms with Gasteiger partial charge in [0, 0.05) is 12.4 Å². The fourth-order valence-electron chi connectivity index (χ4n) is 1.56. The van der Waals surface area contributed by atoms with Crippen molar-refractivity contribution in [2.45, 2.75) is 10.9 Å². The van der Waals surface area contributed by atoms with Gasteiger partial charge in [-0.2, -0.15) is 5.10 Å². The lowest BCUT2D eigenvalue weighted by Gasteiger charge is -1.92. The number of nitrogens with one attached hydrogen (secondary N) is 1. The number of aromatic nitrogens is 5. The molecule has 0 aliphatic rings. The molecule has 17 heavy (non-hydrogen) atoms. The second-order valence-electron chi connectivity index (χ2n) is 3.48. The zero-order valence-electron chi connectivity index (χ0n) is 8.78. The van der Waals surface area contributed by atoms with Crippen molar-refractivity contribution < 1.29 is 4.21 Å². The molecule has 0 aliphatic heterocycles. The highest BCUT2D eigenvalue weighted by atomic mass is 32.2. The molecular formula is C10H9N5OS. The highest BCUT2D eigenvalue weighted by Crippen LogP contribution is 2.09. The highest BCUT2D eigenvalue weighted by molar-refractivity contribution is 7.84. The Balaban J connectivity index is 1.88. The standard InChI is InChI=1S/C10H9N5OS/c16-17(10-11-7-12-14-10)6-8-5-15-4-2-1-3-9(15)13-8/h1-5,7H,6H2,(H,11,12,14). The number of H-pyrrole nitrogens is 1. The molecule has 6 nitrogen and oxygen atoms in total. The van der Waals surface area contributed by atoms with E-state index < -0.39 is 10.8 Å². The number of imidazole rings is 1. The van der Waals surface area contributed by atoms with E-state index >= 15 is 0 Å². The number of hydrogen-bond acceptors (Lipinski definition) is 4. The second kappa shape index (κ2) is 4.10. The number of aromatic amines is 1. The summed E-state index contributed by atoms with van der Waals surface area (Å²) in [7, 11) is -1.23. The molecule has 1 atom stereocenters. The molecule has 3 rings (SSSR count). The predicted octanol–water partition coefficient (Wildman–Crippen LogP) is 0.760. The van der Waals surface area contributed by atoms with Gasteiger partial charge in [-0.1, -0.05) is 6.07 Å². The van der Waals surface area contributed by atoms with E-state index in [2.05, 4.69) is 20.2 Å². The zero-order chi connectivity index (χ0) is 11.7. The van der Waals surface area contributed by atoms with Crippen LogP contribution in [-0.4, -0.2) is 28.8 Å². The normalized spacial score (nSPS) is 12.9. The predicted molar refractivity (Wildman–Crippen MR) is 61.7 cm³/mol. The van der Waals surface area contributed by atoms with Gasteiger partial charge >= 0.3 is 0 Å². The summed E-state index contributed by atoms with van der Waals surface area (Å²) in [4.78, 5) is 8.24. The fourth-order valence-corrected chi connectivity index (χ4v) is 2.43. The summed E-state index contributed by atoms with van der Waals surface area (Å²) >= 11 is 0. The van der Waals surface area contributed by atoms with E-state index in [1.165, 1.54) is 6.33 Å². The van der Waals surface area contributed by atoms with Crippen LogP contribution in [0.5, 0.6) is 0 Å². The SMILES string of the molecule is O=S(Cc1cn2ccccc2n1)c1ncn[nH]1. The Bertz CT molecular complexity index is 627. The van der Waals surface area contributed by atoms with Gasteiger partial charge < -0.3 is 4.40 Å². The van der Waals surface area contributed by atoms with Gasteiger partial charge in [-0.3, -0.25) is 9.31 Å². The first kappa shape index (κ1) is 10.2. The number of rotatable bonds is 3. The maximum Gasteiger partial charge on any atom is 0.214 e.